The van der Waals surface area contributed by atoms with Crippen LogP contribution in [0.2, 0.25) is 0 Å². The number of nitrogens with zero attached hydrogens (tertiary/aromatic N) is 2. The van der Waals surface area contributed by atoms with Gasteiger partial charge in [0.2, 0.25) is 0 Å². The van der Waals surface area contributed by atoms with Crippen LogP contribution < -0.4 is 4.90 Å². The van der Waals surface area contributed by atoms with Crippen molar-refractivity contribution < 1.29 is 0 Å². The zero-order valence-electron chi connectivity index (χ0n) is 33.2. The molecule has 2 nitrogen and oxygen atoms in total. The highest BCUT2D eigenvalue weighted by Gasteiger charge is 2.20. The number of para-hydroxylation sites is 3. The number of fused-ring (bicyclic) bond motifs is 7. The highest BCUT2D eigenvalue weighted by molar-refractivity contribution is 7.26. The first-order valence-electron chi connectivity index (χ1n) is 20.8. The third-order valence-corrected chi connectivity index (χ3v) is 13.4. The molecule has 0 N–H and O–H groups in total. The number of rotatable bonds is 7. The maximum Gasteiger partial charge on any atom is 0.0640 e. The van der Waals surface area contributed by atoms with Crippen molar-refractivity contribution in [3.8, 4) is 39.1 Å². The van der Waals surface area contributed by atoms with Gasteiger partial charge >= 0.3 is 0 Å². The molecule has 0 spiro atoms. The summed E-state index contributed by atoms with van der Waals surface area (Å²) in [4.78, 5) is 2.44. The monoisotopic (exact) mass is 794 g/mol. The van der Waals surface area contributed by atoms with Crippen LogP contribution in [-0.4, -0.2) is 4.57 Å². The Hall–Kier alpha value is -7.72. The Kier molecular flexibility index (Phi) is 8.39. The van der Waals surface area contributed by atoms with Crippen molar-refractivity contribution in [2.24, 2.45) is 0 Å². The third kappa shape index (κ3) is 5.93. The minimum Gasteiger partial charge on any atom is -0.309 e. The molecular formula is C58H38N2S. The number of hydrogen-bond donors (Lipinski definition) is 0. The smallest absolute Gasteiger partial charge is 0.0640 e. The van der Waals surface area contributed by atoms with E-state index in [9.17, 15) is 0 Å². The Bertz CT molecular complexity index is 3550. The van der Waals surface area contributed by atoms with Crippen LogP contribution in [-0.2, 0) is 0 Å². The molecule has 0 bridgehead atoms. The van der Waals surface area contributed by atoms with Gasteiger partial charge in [-0.1, -0.05) is 170 Å². The van der Waals surface area contributed by atoms with Crippen LogP contribution in [0.4, 0.5) is 17.1 Å². The number of anilines is 3. The lowest BCUT2D eigenvalue weighted by Crippen LogP contribution is -2.10. The van der Waals surface area contributed by atoms with Crippen LogP contribution in [0.15, 0.2) is 231 Å². The third-order valence-electron chi connectivity index (χ3n) is 12.2. The molecule has 2 aromatic heterocycles. The molecule has 10 aromatic carbocycles. The Balaban J connectivity index is 0.973. The number of aromatic nitrogens is 1. The average Bonchev–Trinajstić information content (AvgIpc) is 3.88. The molecule has 0 aliphatic carbocycles. The van der Waals surface area contributed by atoms with Crippen molar-refractivity contribution >= 4 is 81.1 Å². The summed E-state index contributed by atoms with van der Waals surface area (Å²) in [7, 11) is 0. The Morgan fingerprint density at radius 2 is 0.918 bits per heavy atom. The molecule has 0 aliphatic heterocycles. The normalized spacial score (nSPS) is 11.6. The molecule has 3 heteroatoms. The van der Waals surface area contributed by atoms with Crippen LogP contribution in [0.25, 0.3) is 91.8 Å². The number of benzene rings is 10. The van der Waals surface area contributed by atoms with Crippen LogP contribution >= 0.6 is 11.3 Å². The Morgan fingerprint density at radius 1 is 0.344 bits per heavy atom. The first-order chi connectivity index (χ1) is 30.3. The van der Waals surface area contributed by atoms with Crippen LogP contribution in [0.1, 0.15) is 0 Å². The summed E-state index contributed by atoms with van der Waals surface area (Å²) in [6.07, 6.45) is 0. The predicted octanol–water partition coefficient (Wildman–Crippen LogP) is 16.8. The summed E-state index contributed by atoms with van der Waals surface area (Å²) < 4.78 is 4.99. The first-order valence-corrected chi connectivity index (χ1v) is 21.7. The summed E-state index contributed by atoms with van der Waals surface area (Å²) in [6, 6.07) is 84.1. The molecule has 2 heterocycles. The maximum atomic E-state index is 2.44. The highest BCUT2D eigenvalue weighted by atomic mass is 32.1. The lowest BCUT2D eigenvalue weighted by atomic mass is 9.97. The zero-order valence-corrected chi connectivity index (χ0v) is 34.1. The topological polar surface area (TPSA) is 8.17 Å². The lowest BCUT2D eigenvalue weighted by molar-refractivity contribution is 1.18. The van der Waals surface area contributed by atoms with E-state index in [1.165, 1.54) is 97.5 Å². The van der Waals surface area contributed by atoms with Crippen molar-refractivity contribution in [1.29, 1.82) is 0 Å². The molecular weight excluding hydrogens is 757 g/mol. The van der Waals surface area contributed by atoms with Crippen LogP contribution in [0, 0.1) is 0 Å². The summed E-state index contributed by atoms with van der Waals surface area (Å²) >= 11 is 1.87. The van der Waals surface area contributed by atoms with Crippen molar-refractivity contribution in [3.05, 3.63) is 231 Å². The fourth-order valence-electron chi connectivity index (χ4n) is 9.39. The molecule has 0 radical (unpaired) electrons. The van der Waals surface area contributed by atoms with E-state index < -0.39 is 0 Å². The largest absolute Gasteiger partial charge is 0.309 e. The molecule has 0 atom stereocenters. The van der Waals surface area contributed by atoms with Gasteiger partial charge in [0, 0.05) is 43.2 Å². The van der Waals surface area contributed by atoms with E-state index in [1.807, 2.05) is 11.3 Å². The van der Waals surface area contributed by atoms with Gasteiger partial charge in [0.25, 0.3) is 0 Å². The van der Waals surface area contributed by atoms with E-state index in [0.29, 0.717) is 0 Å². The second kappa shape index (κ2) is 14.5. The van der Waals surface area contributed by atoms with Gasteiger partial charge in [-0.2, -0.15) is 0 Å². The van der Waals surface area contributed by atoms with E-state index in [2.05, 4.69) is 240 Å². The van der Waals surface area contributed by atoms with Gasteiger partial charge < -0.3 is 9.47 Å². The van der Waals surface area contributed by atoms with Gasteiger partial charge in [-0.15, -0.1) is 11.3 Å². The first kappa shape index (κ1) is 35.2. The zero-order chi connectivity index (χ0) is 40.3. The fraction of sp³-hybridized carbons (Fsp3) is 0. The maximum absolute atomic E-state index is 2.44. The van der Waals surface area contributed by atoms with Crippen molar-refractivity contribution in [2.45, 2.75) is 0 Å². The quantitative estimate of drug-likeness (QED) is 0.156. The summed E-state index contributed by atoms with van der Waals surface area (Å²) in [6.45, 7) is 0. The van der Waals surface area contributed by atoms with Gasteiger partial charge in [0.1, 0.15) is 0 Å². The SMILES string of the molecule is c1cc(-c2ccc(N(c3cccc(-c4cccc5ccccc45)c3)c3cccc4c3sc3ccccc34)cc2)cc(-c2ccccc2-n2c3ccccc3c3ccccc32)c1. The molecule has 0 aliphatic rings. The van der Waals surface area contributed by atoms with Crippen molar-refractivity contribution in [2.75, 3.05) is 4.90 Å². The standard InChI is InChI=1S/C58H38N2S/c1-2-21-46-40(15-1)16-13-26-47(46)43-19-12-20-45(38-43)59(56-31-14-27-52-51-25-6-10-32-57(51)61-58(52)56)44-35-33-39(34-36-44)41-17-11-18-42(37-41)48-22-3-7-28-53(48)60-54-29-8-4-23-49(54)50-24-5-9-30-55(50)60/h1-38H. The van der Waals surface area contributed by atoms with Crippen molar-refractivity contribution in [3.63, 3.8) is 0 Å². The van der Waals surface area contributed by atoms with E-state index in [0.717, 1.165) is 11.4 Å². The van der Waals surface area contributed by atoms with Gasteiger partial charge in [0.15, 0.2) is 0 Å². The van der Waals surface area contributed by atoms with Crippen LogP contribution in [0.3, 0.4) is 0 Å². The minimum absolute atomic E-state index is 1.11. The Labute approximate surface area is 358 Å². The van der Waals surface area contributed by atoms with Gasteiger partial charge in [-0.05, 0) is 99.3 Å². The molecule has 61 heavy (non-hydrogen) atoms. The van der Waals surface area contributed by atoms with Gasteiger partial charge in [-0.25, -0.2) is 0 Å². The Morgan fingerprint density at radius 3 is 1.74 bits per heavy atom. The summed E-state index contributed by atoms with van der Waals surface area (Å²) in [5.41, 5.74) is 14.1. The molecule has 12 aromatic rings. The van der Waals surface area contributed by atoms with E-state index in [-0.39, 0.29) is 0 Å². The van der Waals surface area contributed by atoms with Crippen LogP contribution in [0.5, 0.6) is 0 Å². The van der Waals surface area contributed by atoms with E-state index in [1.54, 1.807) is 0 Å². The van der Waals surface area contributed by atoms with Gasteiger partial charge in [-0.3, -0.25) is 0 Å². The van der Waals surface area contributed by atoms with E-state index in [4.69, 9.17) is 0 Å². The minimum atomic E-state index is 1.11. The summed E-state index contributed by atoms with van der Waals surface area (Å²) in [5.74, 6) is 0. The molecule has 286 valence electrons. The highest BCUT2D eigenvalue weighted by Crippen LogP contribution is 2.46. The van der Waals surface area contributed by atoms with Gasteiger partial charge in [0.05, 0.1) is 27.1 Å². The molecule has 0 saturated carbocycles. The predicted molar refractivity (Wildman–Crippen MR) is 262 cm³/mol. The molecule has 0 fully saturated rings. The number of hydrogen-bond acceptors (Lipinski definition) is 2. The molecule has 0 amide bonds. The molecule has 12 rings (SSSR count). The average molecular weight is 795 g/mol. The lowest BCUT2D eigenvalue weighted by Gasteiger charge is -2.27. The second-order valence-electron chi connectivity index (χ2n) is 15.7. The second-order valence-corrected chi connectivity index (χ2v) is 16.7. The van der Waals surface area contributed by atoms with Crippen molar-refractivity contribution in [1.82, 2.24) is 4.57 Å². The summed E-state index contributed by atoms with van der Waals surface area (Å²) in [5, 5.41) is 7.60. The molecule has 0 unspecified atom stereocenters. The fourth-order valence-corrected chi connectivity index (χ4v) is 10.6. The van der Waals surface area contributed by atoms with E-state index >= 15 is 0 Å². The molecule has 0 saturated heterocycles. The number of thiophene rings is 1.